The molecule has 2 nitrogen and oxygen atoms in total. The number of ether oxygens (including phenoxy) is 2. The Balaban J connectivity index is 1.93. The zero-order valence-electron chi connectivity index (χ0n) is 15.4. The van der Waals surface area contributed by atoms with E-state index in [1.807, 2.05) is 0 Å². The summed E-state index contributed by atoms with van der Waals surface area (Å²) in [6.07, 6.45) is -0.472. The smallest absolute Gasteiger partial charge is 0.379 e. The molecule has 0 aromatic carbocycles. The van der Waals surface area contributed by atoms with E-state index in [1.165, 1.54) is 0 Å². The third kappa shape index (κ3) is 8.54. The molecule has 0 saturated carbocycles. The molecule has 0 aromatic rings. The van der Waals surface area contributed by atoms with Gasteiger partial charge in [-0.25, -0.2) is 0 Å². The molecule has 0 N–H and O–H groups in total. The molecule has 0 radical (unpaired) electrons. The summed E-state index contributed by atoms with van der Waals surface area (Å²) in [5, 5.41) is 0. The summed E-state index contributed by atoms with van der Waals surface area (Å²) < 4.78 is 98.5. The minimum absolute atomic E-state index is 0.216. The maximum atomic E-state index is 13.1. The monoisotopic (exact) mass is 410 g/mol. The van der Waals surface area contributed by atoms with Crippen LogP contribution in [0.3, 0.4) is 0 Å². The molecule has 1 saturated heterocycles. The van der Waals surface area contributed by atoms with E-state index in [0.29, 0.717) is 19.6 Å². The normalized spacial score (nSPS) is 19.0. The van der Waals surface area contributed by atoms with Gasteiger partial charge in [-0.2, -0.15) is 30.7 Å². The fourth-order valence-electron chi connectivity index (χ4n) is 2.97. The van der Waals surface area contributed by atoms with Crippen LogP contribution >= 0.6 is 0 Å². The van der Waals surface area contributed by atoms with Gasteiger partial charge >= 0.3 is 18.0 Å². The fourth-order valence-corrected chi connectivity index (χ4v) is 2.97. The van der Waals surface area contributed by atoms with Gasteiger partial charge in [-0.1, -0.05) is 38.5 Å². The molecule has 1 fully saturated rings. The van der Waals surface area contributed by atoms with Gasteiger partial charge < -0.3 is 9.47 Å². The maximum absolute atomic E-state index is 13.1. The first-order valence-electron chi connectivity index (χ1n) is 9.59. The van der Waals surface area contributed by atoms with Gasteiger partial charge in [-0.05, 0) is 25.7 Å². The molecule has 0 aliphatic carbocycles. The Hall–Kier alpha value is -0.570. The second-order valence-electron chi connectivity index (χ2n) is 7.06. The Morgan fingerprint density at radius 3 is 1.85 bits per heavy atom. The van der Waals surface area contributed by atoms with Crippen molar-refractivity contribution in [1.82, 2.24) is 0 Å². The lowest BCUT2D eigenvalue weighted by atomic mass is 10.0. The Kier molecular flexibility index (Phi) is 10.4. The number of hydrogen-bond donors (Lipinski definition) is 0. The van der Waals surface area contributed by atoms with E-state index in [4.69, 9.17) is 9.47 Å². The number of rotatable bonds is 14. The number of hydrogen-bond acceptors (Lipinski definition) is 2. The van der Waals surface area contributed by atoms with E-state index in [2.05, 4.69) is 0 Å². The molecule has 0 amide bonds. The van der Waals surface area contributed by atoms with E-state index in [9.17, 15) is 30.7 Å². The van der Waals surface area contributed by atoms with Crippen LogP contribution in [0, 0.1) is 0 Å². The molecule has 0 spiro atoms. The van der Waals surface area contributed by atoms with Crippen molar-refractivity contribution in [2.24, 2.45) is 0 Å². The van der Waals surface area contributed by atoms with Crippen LogP contribution in [0.1, 0.15) is 70.6 Å². The summed E-state index contributed by atoms with van der Waals surface area (Å²) in [4.78, 5) is 0. The van der Waals surface area contributed by atoms with Crippen LogP contribution in [-0.4, -0.2) is 43.9 Å². The maximum Gasteiger partial charge on any atom is 0.459 e. The second kappa shape index (κ2) is 11.4. The summed E-state index contributed by atoms with van der Waals surface area (Å²) in [5.74, 6) is -11.0. The molecular weight excluding hydrogens is 381 g/mol. The largest absolute Gasteiger partial charge is 0.459 e. The summed E-state index contributed by atoms with van der Waals surface area (Å²) in [6, 6.07) is 0. The topological polar surface area (TPSA) is 18.5 Å². The van der Waals surface area contributed by atoms with Gasteiger partial charge in [0.25, 0.3) is 0 Å². The summed E-state index contributed by atoms with van der Waals surface area (Å²) in [6.45, 7) is 2.09. The molecule has 1 unspecified atom stereocenters. The first-order valence-corrected chi connectivity index (χ1v) is 9.59. The Morgan fingerprint density at radius 2 is 1.33 bits per heavy atom. The van der Waals surface area contributed by atoms with Crippen LogP contribution in [0.15, 0.2) is 0 Å². The van der Waals surface area contributed by atoms with Crippen molar-refractivity contribution >= 4 is 0 Å². The van der Waals surface area contributed by atoms with Gasteiger partial charge in [-0.15, -0.1) is 0 Å². The first-order chi connectivity index (χ1) is 12.6. The highest BCUT2D eigenvalue weighted by Gasteiger charge is 2.72. The van der Waals surface area contributed by atoms with Gasteiger partial charge in [0, 0.05) is 19.6 Å². The third-order valence-corrected chi connectivity index (χ3v) is 4.67. The molecule has 0 bridgehead atoms. The summed E-state index contributed by atoms with van der Waals surface area (Å²) in [5.41, 5.74) is 0. The predicted octanol–water partition coefficient (Wildman–Crippen LogP) is 6.53. The van der Waals surface area contributed by atoms with Crippen molar-refractivity contribution in [3.05, 3.63) is 0 Å². The van der Waals surface area contributed by atoms with Gasteiger partial charge in [0.1, 0.15) is 0 Å². The standard InChI is InChI=1S/C18H29F7O2/c19-16(20,17(21,22)18(23,24)25)11-7-5-3-1-2-4-6-8-12-26-14-15-10-9-13-27-15/h15H,1-14H2. The minimum atomic E-state index is -6.23. The van der Waals surface area contributed by atoms with Crippen molar-refractivity contribution in [3.63, 3.8) is 0 Å². The van der Waals surface area contributed by atoms with E-state index in [-0.39, 0.29) is 18.9 Å². The average molecular weight is 410 g/mol. The lowest BCUT2D eigenvalue weighted by Gasteiger charge is -2.28. The molecule has 1 atom stereocenters. The Bertz CT molecular complexity index is 394. The van der Waals surface area contributed by atoms with Gasteiger partial charge in [-0.3, -0.25) is 0 Å². The van der Waals surface area contributed by atoms with Crippen LogP contribution in [-0.2, 0) is 9.47 Å². The average Bonchev–Trinajstić information content (AvgIpc) is 3.08. The van der Waals surface area contributed by atoms with Crippen LogP contribution < -0.4 is 0 Å². The fraction of sp³-hybridized carbons (Fsp3) is 1.00. The third-order valence-electron chi connectivity index (χ3n) is 4.67. The highest BCUT2D eigenvalue weighted by Crippen LogP contribution is 2.48. The molecule has 0 aromatic heterocycles. The molecule has 9 heteroatoms. The zero-order valence-corrected chi connectivity index (χ0v) is 15.4. The number of unbranched alkanes of at least 4 members (excludes halogenated alkanes) is 7. The van der Waals surface area contributed by atoms with E-state index < -0.39 is 24.4 Å². The first kappa shape index (κ1) is 24.5. The van der Waals surface area contributed by atoms with Crippen molar-refractivity contribution in [2.75, 3.05) is 19.8 Å². The van der Waals surface area contributed by atoms with Crippen molar-refractivity contribution in [1.29, 1.82) is 0 Å². The molecular formula is C18H29F7O2. The lowest BCUT2D eigenvalue weighted by Crippen LogP contribution is -2.51. The predicted molar refractivity (Wildman–Crippen MR) is 87.3 cm³/mol. The highest BCUT2D eigenvalue weighted by atomic mass is 19.4. The minimum Gasteiger partial charge on any atom is -0.379 e. The molecule has 27 heavy (non-hydrogen) atoms. The van der Waals surface area contributed by atoms with Gasteiger partial charge in [0.15, 0.2) is 0 Å². The van der Waals surface area contributed by atoms with Crippen LogP contribution in [0.5, 0.6) is 0 Å². The molecule has 1 aliphatic rings. The zero-order chi connectivity index (χ0) is 20.4. The lowest BCUT2D eigenvalue weighted by molar-refractivity contribution is -0.355. The Labute approximate surface area is 155 Å². The molecule has 1 rings (SSSR count). The number of alkyl halides is 7. The van der Waals surface area contributed by atoms with Gasteiger partial charge in [0.05, 0.1) is 12.7 Å². The van der Waals surface area contributed by atoms with E-state index in [0.717, 1.165) is 51.6 Å². The van der Waals surface area contributed by atoms with Crippen molar-refractivity contribution in [2.45, 2.75) is 94.8 Å². The van der Waals surface area contributed by atoms with Crippen LogP contribution in [0.4, 0.5) is 30.7 Å². The van der Waals surface area contributed by atoms with Crippen LogP contribution in [0.25, 0.3) is 0 Å². The van der Waals surface area contributed by atoms with Gasteiger partial charge in [0.2, 0.25) is 0 Å². The molecule has 1 aliphatic heterocycles. The molecule has 162 valence electrons. The second-order valence-corrected chi connectivity index (χ2v) is 7.06. The number of halogens is 7. The van der Waals surface area contributed by atoms with E-state index in [1.54, 1.807) is 0 Å². The van der Waals surface area contributed by atoms with Crippen molar-refractivity contribution < 1.29 is 40.2 Å². The SMILES string of the molecule is FC(F)(F)C(F)(F)C(F)(F)CCCCCCCCCCOCC1CCCO1. The molecule has 1 heterocycles. The Morgan fingerprint density at radius 1 is 0.778 bits per heavy atom. The summed E-state index contributed by atoms with van der Waals surface area (Å²) in [7, 11) is 0. The van der Waals surface area contributed by atoms with Crippen molar-refractivity contribution in [3.8, 4) is 0 Å². The quantitative estimate of drug-likeness (QED) is 0.240. The summed E-state index contributed by atoms with van der Waals surface area (Å²) >= 11 is 0. The van der Waals surface area contributed by atoms with Crippen LogP contribution in [0.2, 0.25) is 0 Å². The highest BCUT2D eigenvalue weighted by molar-refractivity contribution is 4.90. The van der Waals surface area contributed by atoms with E-state index >= 15 is 0 Å².